The summed E-state index contributed by atoms with van der Waals surface area (Å²) >= 11 is 0. The van der Waals surface area contributed by atoms with E-state index in [2.05, 4.69) is 16.0 Å². The standard InChI is InChI=1S/C29H32N4O3/c1-21(22-9-4-2-5-10-22)31-28(35)23-13-15-25(16-14-23)32-27(34)20-30-26-12-8-11-24(19-26)29(36)33-17-6-3-7-18-33/h2,4-5,8-16,19,21,30H,3,6-7,17-18,20H2,1H3,(H,31,35)(H,32,34). The van der Waals surface area contributed by atoms with Gasteiger partial charge in [-0.15, -0.1) is 0 Å². The van der Waals surface area contributed by atoms with Crippen molar-refractivity contribution in [3.63, 3.8) is 0 Å². The largest absolute Gasteiger partial charge is 0.376 e. The van der Waals surface area contributed by atoms with E-state index in [-0.39, 0.29) is 30.3 Å². The van der Waals surface area contributed by atoms with Crippen molar-refractivity contribution in [3.8, 4) is 0 Å². The summed E-state index contributed by atoms with van der Waals surface area (Å²) in [4.78, 5) is 39.6. The molecule has 4 rings (SSSR count). The first-order chi connectivity index (χ1) is 17.5. The highest BCUT2D eigenvalue weighted by Crippen LogP contribution is 2.17. The normalized spacial score (nSPS) is 14.0. The number of benzene rings is 3. The van der Waals surface area contributed by atoms with E-state index < -0.39 is 0 Å². The maximum Gasteiger partial charge on any atom is 0.253 e. The Balaban J connectivity index is 1.26. The zero-order valence-corrected chi connectivity index (χ0v) is 20.5. The monoisotopic (exact) mass is 484 g/mol. The van der Waals surface area contributed by atoms with Crippen molar-refractivity contribution in [2.75, 3.05) is 30.3 Å². The summed E-state index contributed by atoms with van der Waals surface area (Å²) in [5.74, 6) is -0.368. The van der Waals surface area contributed by atoms with Gasteiger partial charge in [0, 0.05) is 35.6 Å². The number of rotatable bonds is 8. The van der Waals surface area contributed by atoms with Crippen molar-refractivity contribution in [1.29, 1.82) is 0 Å². The van der Waals surface area contributed by atoms with Gasteiger partial charge in [0.05, 0.1) is 12.6 Å². The van der Waals surface area contributed by atoms with E-state index in [0.717, 1.165) is 31.5 Å². The van der Waals surface area contributed by atoms with Gasteiger partial charge in [0.2, 0.25) is 5.91 Å². The topological polar surface area (TPSA) is 90.5 Å². The molecule has 0 bridgehead atoms. The van der Waals surface area contributed by atoms with Crippen LogP contribution in [0, 0.1) is 0 Å². The molecule has 3 N–H and O–H groups in total. The van der Waals surface area contributed by atoms with Crippen LogP contribution in [0.4, 0.5) is 11.4 Å². The number of hydrogen-bond acceptors (Lipinski definition) is 4. The number of hydrogen-bond donors (Lipinski definition) is 3. The molecule has 1 atom stereocenters. The second-order valence-corrected chi connectivity index (χ2v) is 9.02. The van der Waals surface area contributed by atoms with Gasteiger partial charge in [-0.05, 0) is 74.2 Å². The van der Waals surface area contributed by atoms with Gasteiger partial charge < -0.3 is 20.9 Å². The lowest BCUT2D eigenvalue weighted by Crippen LogP contribution is -2.35. The molecule has 0 aliphatic carbocycles. The fourth-order valence-corrected chi connectivity index (χ4v) is 4.24. The molecule has 186 valence electrons. The van der Waals surface area contributed by atoms with Crippen molar-refractivity contribution >= 4 is 29.1 Å². The molecular formula is C29H32N4O3. The lowest BCUT2D eigenvalue weighted by molar-refractivity contribution is -0.114. The van der Waals surface area contributed by atoms with Crippen molar-refractivity contribution in [1.82, 2.24) is 10.2 Å². The van der Waals surface area contributed by atoms with Gasteiger partial charge in [-0.25, -0.2) is 0 Å². The van der Waals surface area contributed by atoms with Gasteiger partial charge in [-0.3, -0.25) is 14.4 Å². The second kappa shape index (κ2) is 12.0. The van der Waals surface area contributed by atoms with Crippen LogP contribution in [0.25, 0.3) is 0 Å². The van der Waals surface area contributed by atoms with E-state index in [9.17, 15) is 14.4 Å². The molecule has 36 heavy (non-hydrogen) atoms. The number of likely N-dealkylation sites (tertiary alicyclic amines) is 1. The van der Waals surface area contributed by atoms with Crippen LogP contribution >= 0.6 is 0 Å². The van der Waals surface area contributed by atoms with Crippen LogP contribution in [0.1, 0.15) is 58.5 Å². The van der Waals surface area contributed by atoms with Gasteiger partial charge in [-0.2, -0.15) is 0 Å². The van der Waals surface area contributed by atoms with E-state index in [4.69, 9.17) is 0 Å². The summed E-state index contributed by atoms with van der Waals surface area (Å²) in [5.41, 5.74) is 3.49. The summed E-state index contributed by atoms with van der Waals surface area (Å²) in [7, 11) is 0. The van der Waals surface area contributed by atoms with Crippen LogP contribution in [0.3, 0.4) is 0 Å². The van der Waals surface area contributed by atoms with Gasteiger partial charge >= 0.3 is 0 Å². The number of anilines is 2. The molecule has 0 spiro atoms. The molecule has 7 nitrogen and oxygen atoms in total. The van der Waals surface area contributed by atoms with Crippen LogP contribution in [-0.2, 0) is 4.79 Å². The van der Waals surface area contributed by atoms with E-state index in [1.165, 1.54) is 6.42 Å². The third kappa shape index (κ3) is 6.72. The minimum Gasteiger partial charge on any atom is -0.376 e. The number of carbonyl (C=O) groups excluding carboxylic acids is 3. The molecular weight excluding hydrogens is 452 g/mol. The Morgan fingerprint density at radius 2 is 1.53 bits per heavy atom. The highest BCUT2D eigenvalue weighted by molar-refractivity contribution is 5.97. The smallest absolute Gasteiger partial charge is 0.253 e. The Labute approximate surface area is 211 Å². The maximum atomic E-state index is 12.7. The third-order valence-electron chi connectivity index (χ3n) is 6.28. The van der Waals surface area contributed by atoms with Crippen molar-refractivity contribution in [3.05, 3.63) is 95.6 Å². The predicted octanol–water partition coefficient (Wildman–Crippen LogP) is 4.85. The SMILES string of the molecule is CC(NC(=O)c1ccc(NC(=O)CNc2cccc(C(=O)N3CCCCC3)c2)cc1)c1ccccc1. The molecule has 0 saturated carbocycles. The molecule has 1 unspecified atom stereocenters. The van der Waals surface area contributed by atoms with E-state index >= 15 is 0 Å². The molecule has 1 heterocycles. The molecule has 1 aliphatic heterocycles. The zero-order chi connectivity index (χ0) is 25.3. The minimum atomic E-state index is -0.224. The first-order valence-corrected chi connectivity index (χ1v) is 12.4. The predicted molar refractivity (Wildman–Crippen MR) is 142 cm³/mol. The van der Waals surface area contributed by atoms with E-state index in [1.807, 2.05) is 54.3 Å². The Bertz CT molecular complexity index is 1190. The van der Waals surface area contributed by atoms with Crippen LogP contribution in [0.5, 0.6) is 0 Å². The Hall–Kier alpha value is -4.13. The van der Waals surface area contributed by atoms with Crippen LogP contribution < -0.4 is 16.0 Å². The van der Waals surface area contributed by atoms with Crippen molar-refractivity contribution in [2.45, 2.75) is 32.2 Å². The summed E-state index contributed by atoms with van der Waals surface area (Å²) in [6, 6.07) is 23.7. The fraction of sp³-hybridized carbons (Fsp3) is 0.276. The van der Waals surface area contributed by atoms with Gasteiger partial charge in [0.15, 0.2) is 0 Å². The van der Waals surface area contributed by atoms with Crippen molar-refractivity contribution < 1.29 is 14.4 Å². The van der Waals surface area contributed by atoms with Crippen molar-refractivity contribution in [2.24, 2.45) is 0 Å². The molecule has 0 aromatic heterocycles. The molecule has 1 aliphatic rings. The van der Waals surface area contributed by atoms with Crippen LogP contribution in [0.2, 0.25) is 0 Å². The molecule has 1 fully saturated rings. The Morgan fingerprint density at radius 1 is 0.806 bits per heavy atom. The van der Waals surface area contributed by atoms with E-state index in [0.29, 0.717) is 22.5 Å². The molecule has 0 radical (unpaired) electrons. The number of carbonyl (C=O) groups is 3. The van der Waals surface area contributed by atoms with Gasteiger partial charge in [0.25, 0.3) is 11.8 Å². The minimum absolute atomic E-state index is 0.0325. The maximum absolute atomic E-state index is 12.7. The Kier molecular flexibility index (Phi) is 8.34. The average molecular weight is 485 g/mol. The molecule has 7 heteroatoms. The highest BCUT2D eigenvalue weighted by atomic mass is 16.2. The molecule has 3 amide bonds. The number of nitrogens with zero attached hydrogens (tertiary/aromatic N) is 1. The number of amides is 3. The molecule has 3 aromatic rings. The second-order valence-electron chi connectivity index (χ2n) is 9.02. The lowest BCUT2D eigenvalue weighted by Gasteiger charge is -2.26. The first kappa shape index (κ1) is 25.0. The highest BCUT2D eigenvalue weighted by Gasteiger charge is 2.18. The molecule has 1 saturated heterocycles. The van der Waals surface area contributed by atoms with Gasteiger partial charge in [-0.1, -0.05) is 36.4 Å². The lowest BCUT2D eigenvalue weighted by atomic mass is 10.1. The molecule has 3 aromatic carbocycles. The Morgan fingerprint density at radius 3 is 2.25 bits per heavy atom. The zero-order valence-electron chi connectivity index (χ0n) is 20.5. The summed E-state index contributed by atoms with van der Waals surface area (Å²) in [5, 5.41) is 8.89. The summed E-state index contributed by atoms with van der Waals surface area (Å²) < 4.78 is 0. The fourth-order valence-electron chi connectivity index (χ4n) is 4.24. The van der Waals surface area contributed by atoms with Gasteiger partial charge in [0.1, 0.15) is 0 Å². The average Bonchev–Trinajstić information content (AvgIpc) is 2.93. The number of nitrogens with one attached hydrogen (secondary N) is 3. The van der Waals surface area contributed by atoms with E-state index in [1.54, 1.807) is 36.4 Å². The third-order valence-corrected chi connectivity index (χ3v) is 6.28. The summed E-state index contributed by atoms with van der Waals surface area (Å²) in [6.45, 7) is 3.59. The van der Waals surface area contributed by atoms with Crippen LogP contribution in [0.15, 0.2) is 78.9 Å². The summed E-state index contributed by atoms with van der Waals surface area (Å²) in [6.07, 6.45) is 3.26. The number of piperidine rings is 1. The first-order valence-electron chi connectivity index (χ1n) is 12.4. The quantitative estimate of drug-likeness (QED) is 0.426. The van der Waals surface area contributed by atoms with Crippen LogP contribution in [-0.4, -0.2) is 42.3 Å².